The van der Waals surface area contributed by atoms with Crippen molar-refractivity contribution in [1.82, 2.24) is 15.1 Å². The zero-order valence-corrected chi connectivity index (χ0v) is 11.7. The summed E-state index contributed by atoms with van der Waals surface area (Å²) in [4.78, 5) is 0. The van der Waals surface area contributed by atoms with Crippen molar-refractivity contribution < 1.29 is 4.74 Å². The van der Waals surface area contributed by atoms with Crippen molar-refractivity contribution in [2.45, 2.75) is 18.9 Å². The molecule has 0 bridgehead atoms. The molecule has 1 aromatic carbocycles. The van der Waals surface area contributed by atoms with Crippen LogP contribution in [0, 0.1) is 0 Å². The lowest BCUT2D eigenvalue weighted by molar-refractivity contribution is 0.343. The van der Waals surface area contributed by atoms with Gasteiger partial charge in [0.2, 0.25) is 0 Å². The Balaban J connectivity index is 1.85. The molecule has 1 aliphatic heterocycles. The van der Waals surface area contributed by atoms with Crippen LogP contribution in [0.25, 0.3) is 11.1 Å². The minimum Gasteiger partial charge on any atom is -0.495 e. The minimum absolute atomic E-state index is 0.501. The number of nitrogen functional groups attached to an aromatic ring is 1. The molecule has 106 valence electrons. The number of nitrogens with zero attached hydrogens (tertiary/aromatic N) is 2. The van der Waals surface area contributed by atoms with Crippen molar-refractivity contribution in [3.63, 3.8) is 0 Å². The molecule has 3 N–H and O–H groups in total. The number of benzene rings is 1. The summed E-state index contributed by atoms with van der Waals surface area (Å²) in [6.07, 6.45) is 6.28. The number of methoxy groups -OCH3 is 1. The van der Waals surface area contributed by atoms with E-state index in [-0.39, 0.29) is 0 Å². The molecule has 1 aliphatic rings. The smallest absolute Gasteiger partial charge is 0.142 e. The Labute approximate surface area is 118 Å². The number of aromatic nitrogens is 2. The third kappa shape index (κ3) is 2.49. The molecule has 0 radical (unpaired) electrons. The van der Waals surface area contributed by atoms with E-state index in [0.29, 0.717) is 17.5 Å². The van der Waals surface area contributed by atoms with Crippen LogP contribution in [0.15, 0.2) is 30.6 Å². The highest BCUT2D eigenvalue weighted by atomic mass is 16.5. The highest BCUT2D eigenvalue weighted by Gasteiger charge is 2.16. The van der Waals surface area contributed by atoms with E-state index in [9.17, 15) is 0 Å². The summed E-state index contributed by atoms with van der Waals surface area (Å²) in [5, 5.41) is 7.88. The SMILES string of the molecule is COc1cc(-c2cnn(C3CCNCC3)c2)ccc1N. The van der Waals surface area contributed by atoms with Crippen LogP contribution in [0.3, 0.4) is 0 Å². The number of anilines is 1. The van der Waals surface area contributed by atoms with Gasteiger partial charge in [0, 0.05) is 11.8 Å². The maximum absolute atomic E-state index is 5.85. The first-order chi connectivity index (χ1) is 9.78. The van der Waals surface area contributed by atoms with Gasteiger partial charge in [-0.2, -0.15) is 5.10 Å². The summed E-state index contributed by atoms with van der Waals surface area (Å²) in [6.45, 7) is 2.13. The van der Waals surface area contributed by atoms with Gasteiger partial charge in [0.1, 0.15) is 5.75 Å². The van der Waals surface area contributed by atoms with Gasteiger partial charge in [-0.3, -0.25) is 4.68 Å². The number of nitrogens with two attached hydrogens (primary N) is 1. The Kier molecular flexibility index (Phi) is 3.60. The standard InChI is InChI=1S/C15H20N4O/c1-20-15-8-11(2-3-14(15)16)12-9-18-19(10-12)13-4-6-17-7-5-13/h2-3,8-10,13,17H,4-7,16H2,1H3. The highest BCUT2D eigenvalue weighted by Crippen LogP contribution is 2.29. The Hall–Kier alpha value is -2.01. The molecular weight excluding hydrogens is 252 g/mol. The molecule has 3 rings (SSSR count). The molecule has 0 saturated carbocycles. The second-order valence-corrected chi connectivity index (χ2v) is 5.15. The van der Waals surface area contributed by atoms with Crippen molar-refractivity contribution in [3.05, 3.63) is 30.6 Å². The average molecular weight is 272 g/mol. The maximum Gasteiger partial charge on any atom is 0.142 e. The fraction of sp³-hybridized carbons (Fsp3) is 0.400. The highest BCUT2D eigenvalue weighted by molar-refractivity contribution is 5.68. The van der Waals surface area contributed by atoms with E-state index in [4.69, 9.17) is 10.5 Å². The number of rotatable bonds is 3. The van der Waals surface area contributed by atoms with Crippen LogP contribution in [0.1, 0.15) is 18.9 Å². The normalized spacial score (nSPS) is 16.2. The average Bonchev–Trinajstić information content (AvgIpc) is 2.98. The summed E-state index contributed by atoms with van der Waals surface area (Å²) < 4.78 is 7.35. The Morgan fingerprint density at radius 2 is 2.10 bits per heavy atom. The zero-order chi connectivity index (χ0) is 13.9. The van der Waals surface area contributed by atoms with Gasteiger partial charge in [0.25, 0.3) is 0 Å². The quantitative estimate of drug-likeness (QED) is 0.839. The Morgan fingerprint density at radius 1 is 1.30 bits per heavy atom. The number of hydrogen-bond acceptors (Lipinski definition) is 4. The van der Waals surface area contributed by atoms with Crippen molar-refractivity contribution in [2.75, 3.05) is 25.9 Å². The molecular formula is C15H20N4O. The lowest BCUT2D eigenvalue weighted by Crippen LogP contribution is -2.29. The number of hydrogen-bond donors (Lipinski definition) is 2. The van der Waals surface area contributed by atoms with Crippen LogP contribution in [0.5, 0.6) is 5.75 Å². The third-order valence-corrected chi connectivity index (χ3v) is 3.85. The molecule has 0 amide bonds. The number of piperidine rings is 1. The second kappa shape index (κ2) is 5.54. The van der Waals surface area contributed by atoms with E-state index in [1.807, 2.05) is 24.4 Å². The van der Waals surface area contributed by atoms with Crippen LogP contribution in [-0.4, -0.2) is 30.0 Å². The van der Waals surface area contributed by atoms with E-state index in [1.54, 1.807) is 7.11 Å². The van der Waals surface area contributed by atoms with Gasteiger partial charge >= 0.3 is 0 Å². The number of nitrogens with one attached hydrogen (secondary N) is 1. The molecule has 0 spiro atoms. The van der Waals surface area contributed by atoms with Gasteiger partial charge in [0.15, 0.2) is 0 Å². The summed E-state index contributed by atoms with van der Waals surface area (Å²) in [5.74, 6) is 0.706. The van der Waals surface area contributed by atoms with Crippen LogP contribution < -0.4 is 15.8 Å². The minimum atomic E-state index is 0.501. The predicted octanol–water partition coefficient (Wildman–Crippen LogP) is 2.07. The topological polar surface area (TPSA) is 65.1 Å². The lowest BCUT2D eigenvalue weighted by atomic mass is 10.1. The predicted molar refractivity (Wildman–Crippen MR) is 79.8 cm³/mol. The monoisotopic (exact) mass is 272 g/mol. The van der Waals surface area contributed by atoms with Crippen molar-refractivity contribution in [1.29, 1.82) is 0 Å². The van der Waals surface area contributed by atoms with Crippen LogP contribution >= 0.6 is 0 Å². The molecule has 1 saturated heterocycles. The molecule has 1 aromatic heterocycles. The maximum atomic E-state index is 5.85. The molecule has 2 aromatic rings. The molecule has 5 heteroatoms. The van der Waals surface area contributed by atoms with E-state index in [2.05, 4.69) is 21.3 Å². The summed E-state index contributed by atoms with van der Waals surface area (Å²) in [5.41, 5.74) is 8.68. The molecule has 5 nitrogen and oxygen atoms in total. The van der Waals surface area contributed by atoms with Crippen LogP contribution in [0.2, 0.25) is 0 Å². The van der Waals surface area contributed by atoms with E-state index in [1.165, 1.54) is 0 Å². The number of ether oxygens (including phenoxy) is 1. The van der Waals surface area contributed by atoms with Gasteiger partial charge in [0.05, 0.1) is 25.0 Å². The van der Waals surface area contributed by atoms with Crippen molar-refractivity contribution >= 4 is 5.69 Å². The van der Waals surface area contributed by atoms with Crippen molar-refractivity contribution in [3.8, 4) is 16.9 Å². The molecule has 0 aliphatic carbocycles. The van der Waals surface area contributed by atoms with E-state index >= 15 is 0 Å². The van der Waals surface area contributed by atoms with Crippen molar-refractivity contribution in [2.24, 2.45) is 0 Å². The van der Waals surface area contributed by atoms with E-state index < -0.39 is 0 Å². The van der Waals surface area contributed by atoms with Gasteiger partial charge in [-0.1, -0.05) is 6.07 Å². The molecule has 0 atom stereocenters. The Morgan fingerprint density at radius 3 is 2.85 bits per heavy atom. The first kappa shape index (κ1) is 13.0. The first-order valence-electron chi connectivity index (χ1n) is 6.96. The fourth-order valence-corrected chi connectivity index (χ4v) is 2.65. The first-order valence-corrected chi connectivity index (χ1v) is 6.96. The van der Waals surface area contributed by atoms with Gasteiger partial charge < -0.3 is 15.8 Å². The van der Waals surface area contributed by atoms with Gasteiger partial charge in [-0.25, -0.2) is 0 Å². The lowest BCUT2D eigenvalue weighted by Gasteiger charge is -2.22. The van der Waals surface area contributed by atoms with E-state index in [0.717, 1.165) is 37.1 Å². The third-order valence-electron chi connectivity index (χ3n) is 3.85. The molecule has 2 heterocycles. The van der Waals surface area contributed by atoms with Gasteiger partial charge in [-0.15, -0.1) is 0 Å². The fourth-order valence-electron chi connectivity index (χ4n) is 2.65. The van der Waals surface area contributed by atoms with Gasteiger partial charge in [-0.05, 0) is 43.6 Å². The molecule has 0 unspecified atom stereocenters. The summed E-state index contributed by atoms with van der Waals surface area (Å²) >= 11 is 0. The summed E-state index contributed by atoms with van der Waals surface area (Å²) in [6, 6.07) is 6.33. The molecule has 20 heavy (non-hydrogen) atoms. The summed E-state index contributed by atoms with van der Waals surface area (Å²) in [7, 11) is 1.63. The second-order valence-electron chi connectivity index (χ2n) is 5.15. The molecule has 1 fully saturated rings. The zero-order valence-electron chi connectivity index (χ0n) is 11.7. The van der Waals surface area contributed by atoms with Crippen LogP contribution in [0.4, 0.5) is 5.69 Å². The Bertz CT molecular complexity index is 587. The van der Waals surface area contributed by atoms with Crippen LogP contribution in [-0.2, 0) is 0 Å². The largest absolute Gasteiger partial charge is 0.495 e.